The third kappa shape index (κ3) is 5.36. The van der Waals surface area contributed by atoms with Gasteiger partial charge in [0.05, 0.1) is 22.8 Å². The average molecular weight is 548 g/mol. The fourth-order valence-corrected chi connectivity index (χ4v) is 4.74. The van der Waals surface area contributed by atoms with Crippen LogP contribution in [0.5, 0.6) is 5.75 Å². The average Bonchev–Trinajstić information content (AvgIpc) is 3.52. The van der Waals surface area contributed by atoms with Gasteiger partial charge in [0.2, 0.25) is 5.91 Å². The number of thiophene rings is 1. The van der Waals surface area contributed by atoms with E-state index in [1.165, 1.54) is 0 Å². The topological polar surface area (TPSA) is 91.5 Å². The molecular formula is C26H22BrN5O2S. The van der Waals surface area contributed by atoms with Crippen LogP contribution < -0.4 is 10.6 Å². The van der Waals surface area contributed by atoms with Gasteiger partial charge < -0.3 is 15.7 Å². The van der Waals surface area contributed by atoms with E-state index in [-0.39, 0.29) is 11.7 Å². The summed E-state index contributed by atoms with van der Waals surface area (Å²) >= 11 is 5.09. The number of hydrogen-bond donors (Lipinski definition) is 3. The van der Waals surface area contributed by atoms with Crippen LogP contribution in [0.4, 0.5) is 5.82 Å². The summed E-state index contributed by atoms with van der Waals surface area (Å²) in [6, 6.07) is 21.0. The van der Waals surface area contributed by atoms with Crippen LogP contribution in [0.25, 0.3) is 16.9 Å². The Bertz CT molecular complexity index is 1470. The molecule has 176 valence electrons. The van der Waals surface area contributed by atoms with Crippen molar-refractivity contribution in [2.24, 2.45) is 0 Å². The third-order valence-corrected chi connectivity index (χ3v) is 6.95. The molecule has 3 aromatic heterocycles. The summed E-state index contributed by atoms with van der Waals surface area (Å²) < 4.78 is 2.49. The number of carbonyl (C=O) groups excluding carboxylic acids is 1. The van der Waals surface area contributed by atoms with Gasteiger partial charge in [0.15, 0.2) is 5.65 Å². The predicted octanol–water partition coefficient (Wildman–Crippen LogP) is 5.40. The second-order valence-corrected chi connectivity index (χ2v) is 9.86. The Morgan fingerprint density at radius 1 is 1.03 bits per heavy atom. The number of anilines is 1. The molecule has 2 aromatic carbocycles. The van der Waals surface area contributed by atoms with Crippen LogP contribution in [0.1, 0.15) is 16.0 Å². The first-order valence-electron chi connectivity index (χ1n) is 11.0. The number of aromatic nitrogens is 3. The number of aromatic hydroxyl groups is 1. The molecule has 0 radical (unpaired) electrons. The maximum absolute atomic E-state index is 12.1. The van der Waals surface area contributed by atoms with Gasteiger partial charge in [0.1, 0.15) is 11.6 Å². The summed E-state index contributed by atoms with van der Waals surface area (Å²) in [7, 11) is 0. The van der Waals surface area contributed by atoms with Gasteiger partial charge in [-0.05, 0) is 50.6 Å². The van der Waals surface area contributed by atoms with E-state index in [4.69, 9.17) is 0 Å². The SMILES string of the molecule is O=C(Cc1cccs1)NCc1ccc(CNc2cc(-c3ccccc3O)nc3c(Br)cnn23)cc1. The molecule has 5 rings (SSSR count). The summed E-state index contributed by atoms with van der Waals surface area (Å²) in [6.45, 7) is 1.07. The number of nitrogens with one attached hydrogen (secondary N) is 2. The molecule has 0 unspecified atom stereocenters. The first-order chi connectivity index (χ1) is 17.1. The van der Waals surface area contributed by atoms with Crippen molar-refractivity contribution < 1.29 is 9.90 Å². The Morgan fingerprint density at radius 3 is 2.54 bits per heavy atom. The molecule has 0 aliphatic heterocycles. The van der Waals surface area contributed by atoms with Gasteiger partial charge in [-0.2, -0.15) is 9.61 Å². The van der Waals surface area contributed by atoms with E-state index in [0.717, 1.165) is 26.3 Å². The second kappa shape index (κ2) is 10.3. The molecule has 7 nitrogen and oxygen atoms in total. The number of rotatable bonds is 8. The van der Waals surface area contributed by atoms with Gasteiger partial charge in [-0.1, -0.05) is 42.5 Å². The summed E-state index contributed by atoms with van der Waals surface area (Å²) in [5.41, 5.74) is 4.07. The summed E-state index contributed by atoms with van der Waals surface area (Å²) in [5, 5.41) is 23.1. The Labute approximate surface area is 214 Å². The smallest absolute Gasteiger partial charge is 0.225 e. The van der Waals surface area contributed by atoms with E-state index in [1.54, 1.807) is 34.2 Å². The molecule has 1 amide bonds. The molecule has 0 aliphatic rings. The molecule has 3 N–H and O–H groups in total. The van der Waals surface area contributed by atoms with Crippen LogP contribution in [-0.4, -0.2) is 25.6 Å². The van der Waals surface area contributed by atoms with Gasteiger partial charge in [0, 0.05) is 29.6 Å². The fraction of sp³-hybridized carbons (Fsp3) is 0.115. The van der Waals surface area contributed by atoms with E-state index >= 15 is 0 Å². The van der Waals surface area contributed by atoms with Crippen LogP contribution in [0.15, 0.2) is 82.8 Å². The number of nitrogens with zero attached hydrogens (tertiary/aromatic N) is 3. The predicted molar refractivity (Wildman–Crippen MR) is 141 cm³/mol. The van der Waals surface area contributed by atoms with Crippen molar-refractivity contribution in [3.05, 3.63) is 98.8 Å². The van der Waals surface area contributed by atoms with Crippen molar-refractivity contribution in [2.45, 2.75) is 19.5 Å². The number of phenolic OH excluding ortho intramolecular Hbond substituents is 1. The molecule has 0 fully saturated rings. The van der Waals surface area contributed by atoms with Crippen LogP contribution >= 0.6 is 27.3 Å². The molecule has 0 saturated heterocycles. The number of fused-ring (bicyclic) bond motifs is 1. The molecule has 0 saturated carbocycles. The van der Waals surface area contributed by atoms with Gasteiger partial charge in [-0.3, -0.25) is 4.79 Å². The molecule has 3 heterocycles. The molecule has 0 atom stereocenters. The highest BCUT2D eigenvalue weighted by atomic mass is 79.9. The van der Waals surface area contributed by atoms with Gasteiger partial charge in [0.25, 0.3) is 0 Å². The number of phenols is 1. The van der Waals surface area contributed by atoms with Gasteiger partial charge in [-0.15, -0.1) is 11.3 Å². The monoisotopic (exact) mass is 547 g/mol. The largest absolute Gasteiger partial charge is 0.507 e. The summed E-state index contributed by atoms with van der Waals surface area (Å²) in [6.07, 6.45) is 2.11. The highest BCUT2D eigenvalue weighted by Crippen LogP contribution is 2.31. The molecule has 35 heavy (non-hydrogen) atoms. The Morgan fingerprint density at radius 2 is 1.80 bits per heavy atom. The van der Waals surface area contributed by atoms with Crippen molar-refractivity contribution in [3.63, 3.8) is 0 Å². The number of amides is 1. The lowest BCUT2D eigenvalue weighted by Gasteiger charge is -2.12. The molecule has 0 bridgehead atoms. The molecule has 5 aromatic rings. The maximum Gasteiger partial charge on any atom is 0.225 e. The van der Waals surface area contributed by atoms with E-state index in [2.05, 4.69) is 36.6 Å². The van der Waals surface area contributed by atoms with Crippen LogP contribution in [0, 0.1) is 0 Å². The maximum atomic E-state index is 12.1. The zero-order chi connectivity index (χ0) is 24.2. The van der Waals surface area contributed by atoms with Crippen molar-refractivity contribution in [3.8, 4) is 17.0 Å². The highest BCUT2D eigenvalue weighted by Gasteiger charge is 2.13. The van der Waals surface area contributed by atoms with Crippen molar-refractivity contribution in [2.75, 3.05) is 5.32 Å². The number of para-hydroxylation sites is 1. The Balaban J connectivity index is 1.27. The van der Waals surface area contributed by atoms with E-state index < -0.39 is 0 Å². The molecular weight excluding hydrogens is 526 g/mol. The lowest BCUT2D eigenvalue weighted by molar-refractivity contribution is -0.120. The standard InChI is InChI=1S/C26H22BrN5O2S/c27-21-16-30-32-24(13-22(31-26(21)32)20-5-1-2-6-23(20)33)28-14-17-7-9-18(10-8-17)15-29-25(34)12-19-4-3-11-35-19/h1-11,13,16,28,33H,12,14-15H2,(H,29,34). The normalized spacial score (nSPS) is 11.0. The van der Waals surface area contributed by atoms with Crippen molar-refractivity contribution in [1.82, 2.24) is 19.9 Å². The minimum Gasteiger partial charge on any atom is -0.507 e. The Hall–Kier alpha value is -3.69. The zero-order valence-corrected chi connectivity index (χ0v) is 21.0. The Kier molecular flexibility index (Phi) is 6.78. The summed E-state index contributed by atoms with van der Waals surface area (Å²) in [4.78, 5) is 17.9. The zero-order valence-electron chi connectivity index (χ0n) is 18.6. The number of halogens is 1. The van der Waals surface area contributed by atoms with E-state index in [0.29, 0.717) is 36.4 Å². The molecule has 0 spiro atoms. The van der Waals surface area contributed by atoms with Crippen molar-refractivity contribution in [1.29, 1.82) is 0 Å². The minimum absolute atomic E-state index is 0.0190. The fourth-order valence-electron chi connectivity index (χ4n) is 3.69. The quantitative estimate of drug-likeness (QED) is 0.242. The van der Waals surface area contributed by atoms with E-state index in [9.17, 15) is 9.90 Å². The highest BCUT2D eigenvalue weighted by molar-refractivity contribution is 9.10. The number of hydrogen-bond acceptors (Lipinski definition) is 6. The van der Waals surface area contributed by atoms with Crippen LogP contribution in [0.2, 0.25) is 0 Å². The molecule has 9 heteroatoms. The first kappa shape index (κ1) is 23.1. The van der Waals surface area contributed by atoms with Crippen LogP contribution in [-0.2, 0) is 24.3 Å². The van der Waals surface area contributed by atoms with Crippen LogP contribution in [0.3, 0.4) is 0 Å². The summed E-state index contributed by atoms with van der Waals surface area (Å²) in [5.74, 6) is 0.943. The first-order valence-corrected chi connectivity index (χ1v) is 12.7. The van der Waals surface area contributed by atoms with E-state index in [1.807, 2.05) is 60.0 Å². The lowest BCUT2D eigenvalue weighted by atomic mass is 10.1. The van der Waals surface area contributed by atoms with Gasteiger partial charge >= 0.3 is 0 Å². The van der Waals surface area contributed by atoms with Crippen molar-refractivity contribution >= 4 is 44.6 Å². The number of benzene rings is 2. The second-order valence-electron chi connectivity index (χ2n) is 7.97. The third-order valence-electron chi connectivity index (χ3n) is 5.51. The number of carbonyl (C=O) groups is 1. The van der Waals surface area contributed by atoms with Gasteiger partial charge in [-0.25, -0.2) is 4.98 Å². The molecule has 0 aliphatic carbocycles. The minimum atomic E-state index is 0.0190. The lowest BCUT2D eigenvalue weighted by Crippen LogP contribution is -2.24.